The van der Waals surface area contributed by atoms with Crippen LogP contribution in [0.4, 0.5) is 25.2 Å². The molecule has 0 fully saturated rings. The first-order valence-corrected chi connectivity index (χ1v) is 33.9. The summed E-state index contributed by atoms with van der Waals surface area (Å²) >= 11 is 0. The predicted octanol–water partition coefficient (Wildman–Crippen LogP) is 28.6. The summed E-state index contributed by atoms with van der Waals surface area (Å²) in [4.78, 5) is 0. The van der Waals surface area contributed by atoms with Crippen molar-refractivity contribution >= 4 is 7.81 Å². The van der Waals surface area contributed by atoms with E-state index in [1.165, 1.54) is 334 Å². The van der Waals surface area contributed by atoms with Crippen molar-refractivity contribution in [2.75, 3.05) is 0 Å². The minimum absolute atomic E-state index is 0. The third kappa shape index (κ3) is 124. The Balaban J connectivity index is -0.000000192. The fourth-order valence-corrected chi connectivity index (χ4v) is 8.78. The molecular weight excluding hydrogens is 977 g/mol. The van der Waals surface area contributed by atoms with Crippen LogP contribution in [0, 0.1) is 27.7 Å². The number of unbranched alkanes of at least 4 members (excludes halogenated alkanes) is 52. The van der Waals surface area contributed by atoms with Gasteiger partial charge in [-0.25, -0.2) is 0 Å². The van der Waals surface area contributed by atoms with Gasteiger partial charge in [0.25, 0.3) is 0 Å². The Morgan fingerprint density at radius 1 is 0.181 bits per heavy atom. The maximum atomic E-state index is 9.87. The smallest absolute Gasteiger partial charge is 0 e. The van der Waals surface area contributed by atoms with Crippen molar-refractivity contribution in [1.82, 2.24) is 0 Å². The van der Waals surface area contributed by atoms with Crippen LogP contribution in [0.3, 0.4) is 0 Å². The van der Waals surface area contributed by atoms with Crippen molar-refractivity contribution in [3.63, 3.8) is 0 Å². The number of hydrogen-bond donors (Lipinski definition) is 0. The predicted molar refractivity (Wildman–Crippen MR) is 316 cm³/mol. The van der Waals surface area contributed by atoms with E-state index in [1.54, 1.807) is 0 Å². The zero-order valence-corrected chi connectivity index (χ0v) is 51.3. The quantitative estimate of drug-likeness (QED) is 0.0187. The van der Waals surface area contributed by atoms with Crippen molar-refractivity contribution in [3.05, 3.63) is 27.7 Å². The average Bonchev–Trinajstić information content (AvgIpc) is 3.32. The Kier molecular flexibility index (Phi) is 81.0. The molecule has 0 heterocycles. The van der Waals surface area contributed by atoms with Crippen molar-refractivity contribution in [2.45, 2.75) is 387 Å². The van der Waals surface area contributed by atoms with Gasteiger partial charge in [0.1, 0.15) is 0 Å². The molecule has 0 aliphatic rings. The summed E-state index contributed by atoms with van der Waals surface area (Å²) in [5.74, 6) is 0. The molecule has 0 aromatic carbocycles. The SMILES string of the molecule is F[P-](F)(F)(F)(F)F.[CH2-]CCCCCCCCCCCCCCC.[CH2-]CCCCCCCCCCCCCCC.[CH2-]CCCCCCCCCCCCCCC.[CH2-]CCCCCCCCCCCCCCC.[Cu]. The molecule has 0 bridgehead atoms. The van der Waals surface area contributed by atoms with E-state index >= 15 is 0 Å². The molecule has 0 N–H and O–H groups in total. The van der Waals surface area contributed by atoms with E-state index in [0.29, 0.717) is 0 Å². The minimum atomic E-state index is -10.7. The van der Waals surface area contributed by atoms with Gasteiger partial charge in [-0.1, -0.05) is 362 Å². The van der Waals surface area contributed by atoms with Crippen LogP contribution in [-0.4, -0.2) is 0 Å². The molecule has 0 rings (SSSR count). The molecule has 451 valence electrons. The maximum Gasteiger partial charge on any atom is 0 e. The summed E-state index contributed by atoms with van der Waals surface area (Å²) < 4.78 is 59.2. The second-order valence-corrected chi connectivity index (χ2v) is 23.3. The third-order valence-electron chi connectivity index (χ3n) is 13.4. The molecule has 0 aromatic heterocycles. The Morgan fingerprint density at radius 3 is 0.319 bits per heavy atom. The summed E-state index contributed by atoms with van der Waals surface area (Å²) in [6, 6.07) is 0. The van der Waals surface area contributed by atoms with Gasteiger partial charge in [0.2, 0.25) is 0 Å². The second-order valence-electron chi connectivity index (χ2n) is 21.3. The number of halogens is 6. The van der Waals surface area contributed by atoms with Crippen LogP contribution in [0.2, 0.25) is 0 Å². The molecule has 72 heavy (non-hydrogen) atoms. The van der Waals surface area contributed by atoms with Crippen LogP contribution >= 0.6 is 7.81 Å². The molecule has 0 aliphatic heterocycles. The largest absolute Gasteiger partial charge is 0.343 e. The Hall–Kier alpha value is 0.529. The molecular formula is C64H132CuF6P-5. The summed E-state index contributed by atoms with van der Waals surface area (Å²) in [6.07, 6.45) is 79.4. The summed E-state index contributed by atoms with van der Waals surface area (Å²) in [5, 5.41) is 0. The van der Waals surface area contributed by atoms with Crippen LogP contribution in [0.15, 0.2) is 0 Å². The van der Waals surface area contributed by atoms with Crippen LogP contribution in [-0.2, 0) is 17.1 Å². The number of rotatable bonds is 52. The fourth-order valence-electron chi connectivity index (χ4n) is 8.78. The van der Waals surface area contributed by atoms with Crippen LogP contribution in [0.1, 0.15) is 387 Å². The Labute approximate surface area is 462 Å². The molecule has 0 aliphatic carbocycles. The summed E-state index contributed by atoms with van der Waals surface area (Å²) in [5.41, 5.74) is 0. The summed E-state index contributed by atoms with van der Waals surface area (Å²) in [7, 11) is -10.7. The zero-order valence-electron chi connectivity index (χ0n) is 49.4. The molecule has 1 radical (unpaired) electrons. The van der Waals surface area contributed by atoms with Crippen LogP contribution in [0.25, 0.3) is 0 Å². The van der Waals surface area contributed by atoms with Gasteiger partial charge in [0.15, 0.2) is 0 Å². The van der Waals surface area contributed by atoms with Gasteiger partial charge >= 0.3 is 33.0 Å². The fraction of sp³-hybridized carbons (Fsp3) is 0.938. The van der Waals surface area contributed by atoms with Gasteiger partial charge in [0.05, 0.1) is 0 Å². The molecule has 0 aromatic rings. The van der Waals surface area contributed by atoms with E-state index in [9.17, 15) is 25.2 Å². The van der Waals surface area contributed by atoms with Crippen molar-refractivity contribution in [2.24, 2.45) is 0 Å². The van der Waals surface area contributed by atoms with Crippen molar-refractivity contribution < 1.29 is 42.3 Å². The van der Waals surface area contributed by atoms with E-state index in [2.05, 4.69) is 55.4 Å². The van der Waals surface area contributed by atoms with Gasteiger partial charge in [-0.05, 0) is 0 Å². The normalized spacial score (nSPS) is 11.9. The molecule has 0 spiro atoms. The standard InChI is InChI=1S/4C16H33.Cu.F6P/c4*1-3-5-7-9-11-13-15-16-14-12-10-8-6-4-2;;1-7(2,3,4,5)6/h4*1,3-16H2,2H3;;/q4*-1;;-1. The molecule has 0 atom stereocenters. The average molecular weight is 1110 g/mol. The maximum absolute atomic E-state index is 10.7. The molecule has 0 saturated heterocycles. The molecule has 8 heteroatoms. The molecule has 0 nitrogen and oxygen atoms in total. The second kappa shape index (κ2) is 69.5. The van der Waals surface area contributed by atoms with E-state index in [4.69, 9.17) is 0 Å². The monoisotopic (exact) mass is 1110 g/mol. The topological polar surface area (TPSA) is 0 Å². The van der Waals surface area contributed by atoms with E-state index in [0.717, 1.165) is 25.7 Å². The van der Waals surface area contributed by atoms with Crippen molar-refractivity contribution in [1.29, 1.82) is 0 Å². The zero-order chi connectivity index (χ0) is 54.0. The Bertz CT molecular complexity index is 691. The number of hydrogen-bond acceptors (Lipinski definition) is 0. The minimum Gasteiger partial charge on any atom is -0.343 e. The van der Waals surface area contributed by atoms with Gasteiger partial charge in [0, 0.05) is 17.1 Å². The Morgan fingerprint density at radius 2 is 0.250 bits per heavy atom. The van der Waals surface area contributed by atoms with Crippen LogP contribution < -0.4 is 0 Å². The van der Waals surface area contributed by atoms with E-state index in [-0.39, 0.29) is 17.1 Å². The first-order chi connectivity index (χ1) is 34.1. The molecule has 0 amide bonds. The van der Waals surface area contributed by atoms with Gasteiger partial charge < -0.3 is 27.7 Å². The van der Waals surface area contributed by atoms with Crippen LogP contribution in [0.5, 0.6) is 0 Å². The van der Waals surface area contributed by atoms with Gasteiger partial charge in [-0.2, -0.15) is 25.7 Å². The van der Waals surface area contributed by atoms with Gasteiger partial charge in [-0.3, -0.25) is 0 Å². The molecule has 0 saturated carbocycles. The van der Waals surface area contributed by atoms with E-state index in [1.807, 2.05) is 0 Å². The van der Waals surface area contributed by atoms with E-state index < -0.39 is 7.81 Å². The molecule has 0 unspecified atom stereocenters. The first kappa shape index (κ1) is 83.8. The third-order valence-corrected chi connectivity index (χ3v) is 13.4. The summed E-state index contributed by atoms with van der Waals surface area (Å²) in [6.45, 7) is 24.6. The van der Waals surface area contributed by atoms with Crippen molar-refractivity contribution in [3.8, 4) is 0 Å². The first-order valence-electron chi connectivity index (χ1n) is 31.8. The van der Waals surface area contributed by atoms with Gasteiger partial charge in [-0.15, -0.1) is 0 Å².